The number of nitrogens with one attached hydrogen (secondary N) is 2. The Labute approximate surface area is 157 Å². The zero-order valence-corrected chi connectivity index (χ0v) is 14.6. The molecule has 6 heteroatoms. The van der Waals surface area contributed by atoms with Crippen LogP contribution in [-0.4, -0.2) is 11.8 Å². The zero-order valence-electron chi connectivity index (χ0n) is 14.6. The number of carbonyl (C=O) groups is 2. The van der Waals surface area contributed by atoms with Crippen LogP contribution in [0.15, 0.2) is 72.8 Å². The lowest BCUT2D eigenvalue weighted by Crippen LogP contribution is -2.15. The quantitative estimate of drug-likeness (QED) is 0.523. The van der Waals surface area contributed by atoms with Gasteiger partial charge < -0.3 is 22.1 Å². The van der Waals surface area contributed by atoms with Crippen LogP contribution in [0.5, 0.6) is 0 Å². The molecule has 0 atom stereocenters. The van der Waals surface area contributed by atoms with Gasteiger partial charge in [0.25, 0.3) is 5.91 Å². The van der Waals surface area contributed by atoms with Crippen molar-refractivity contribution in [3.8, 4) is 0 Å². The van der Waals surface area contributed by atoms with Gasteiger partial charge in [-0.05, 0) is 54.1 Å². The van der Waals surface area contributed by atoms with E-state index in [0.29, 0.717) is 28.3 Å². The normalized spacial score (nSPS) is 10.2. The first-order valence-electron chi connectivity index (χ1n) is 8.41. The minimum atomic E-state index is -0.271. The van der Waals surface area contributed by atoms with Crippen molar-refractivity contribution in [3.63, 3.8) is 0 Å². The molecule has 0 fully saturated rings. The highest BCUT2D eigenvalue weighted by atomic mass is 16.2. The van der Waals surface area contributed by atoms with E-state index in [1.165, 1.54) is 0 Å². The summed E-state index contributed by atoms with van der Waals surface area (Å²) >= 11 is 0. The lowest BCUT2D eigenvalue weighted by molar-refractivity contribution is -0.115. The molecule has 136 valence electrons. The molecule has 0 saturated carbocycles. The van der Waals surface area contributed by atoms with E-state index in [4.69, 9.17) is 11.5 Å². The number of carbonyl (C=O) groups excluding carboxylic acids is 2. The zero-order chi connectivity index (χ0) is 19.2. The number of anilines is 4. The van der Waals surface area contributed by atoms with Gasteiger partial charge >= 0.3 is 0 Å². The fourth-order valence-corrected chi connectivity index (χ4v) is 2.54. The van der Waals surface area contributed by atoms with Crippen LogP contribution >= 0.6 is 0 Å². The molecule has 0 unspecified atom stereocenters. The van der Waals surface area contributed by atoms with Gasteiger partial charge in [0.2, 0.25) is 5.91 Å². The summed E-state index contributed by atoms with van der Waals surface area (Å²) in [6.45, 7) is 0. The van der Waals surface area contributed by atoms with Crippen LogP contribution in [0.25, 0.3) is 0 Å². The summed E-state index contributed by atoms with van der Waals surface area (Å²) in [5, 5.41) is 5.57. The van der Waals surface area contributed by atoms with E-state index in [1.807, 2.05) is 12.1 Å². The van der Waals surface area contributed by atoms with E-state index in [-0.39, 0.29) is 18.2 Å². The number of amides is 2. The first kappa shape index (κ1) is 18.0. The fraction of sp³-hybridized carbons (Fsp3) is 0.0476. The molecule has 0 radical (unpaired) electrons. The molecule has 3 rings (SSSR count). The van der Waals surface area contributed by atoms with Gasteiger partial charge in [0.15, 0.2) is 0 Å². The fourth-order valence-electron chi connectivity index (χ4n) is 2.54. The second-order valence-corrected chi connectivity index (χ2v) is 6.09. The van der Waals surface area contributed by atoms with Gasteiger partial charge in [-0.3, -0.25) is 9.59 Å². The summed E-state index contributed by atoms with van der Waals surface area (Å²) < 4.78 is 0. The van der Waals surface area contributed by atoms with E-state index in [1.54, 1.807) is 60.7 Å². The van der Waals surface area contributed by atoms with E-state index >= 15 is 0 Å². The molecular weight excluding hydrogens is 340 g/mol. The molecule has 0 aliphatic carbocycles. The van der Waals surface area contributed by atoms with Crippen LogP contribution in [-0.2, 0) is 11.2 Å². The Morgan fingerprint density at radius 1 is 0.778 bits per heavy atom. The van der Waals surface area contributed by atoms with Crippen molar-refractivity contribution in [2.75, 3.05) is 22.1 Å². The Hall–Kier alpha value is -3.80. The van der Waals surface area contributed by atoms with Crippen molar-refractivity contribution >= 4 is 34.6 Å². The highest BCUT2D eigenvalue weighted by molar-refractivity contribution is 6.06. The lowest BCUT2D eigenvalue weighted by Gasteiger charge is -2.09. The number of hydrogen-bond acceptors (Lipinski definition) is 4. The molecule has 27 heavy (non-hydrogen) atoms. The maximum Gasteiger partial charge on any atom is 0.255 e. The Kier molecular flexibility index (Phi) is 5.37. The third-order valence-corrected chi connectivity index (χ3v) is 3.98. The summed E-state index contributed by atoms with van der Waals surface area (Å²) in [6.07, 6.45) is 0.246. The maximum atomic E-state index is 12.3. The molecule has 0 aliphatic heterocycles. The molecule has 0 aliphatic rings. The third kappa shape index (κ3) is 4.85. The Morgan fingerprint density at radius 2 is 1.44 bits per heavy atom. The number of rotatable bonds is 5. The van der Waals surface area contributed by atoms with Crippen molar-refractivity contribution in [1.82, 2.24) is 0 Å². The molecule has 6 nitrogen and oxygen atoms in total. The Balaban J connectivity index is 1.59. The number of para-hydroxylation sites is 2. The molecule has 3 aromatic carbocycles. The second-order valence-electron chi connectivity index (χ2n) is 6.09. The van der Waals surface area contributed by atoms with Crippen LogP contribution in [0.3, 0.4) is 0 Å². The van der Waals surface area contributed by atoms with E-state index in [2.05, 4.69) is 10.6 Å². The summed E-state index contributed by atoms with van der Waals surface area (Å²) in [6, 6.07) is 20.9. The summed E-state index contributed by atoms with van der Waals surface area (Å²) in [5.74, 6) is -0.415. The van der Waals surface area contributed by atoms with Gasteiger partial charge in [0.05, 0.1) is 17.8 Å². The minimum Gasteiger partial charge on any atom is -0.399 e. The Morgan fingerprint density at radius 3 is 2.11 bits per heavy atom. The van der Waals surface area contributed by atoms with Gasteiger partial charge in [0.1, 0.15) is 0 Å². The maximum absolute atomic E-state index is 12.3. The predicted molar refractivity (Wildman–Crippen MR) is 108 cm³/mol. The number of nitrogen functional groups attached to an aromatic ring is 2. The third-order valence-electron chi connectivity index (χ3n) is 3.98. The molecule has 0 aromatic heterocycles. The van der Waals surface area contributed by atoms with Crippen molar-refractivity contribution in [1.29, 1.82) is 0 Å². The highest BCUT2D eigenvalue weighted by Crippen LogP contribution is 2.18. The molecule has 0 bridgehead atoms. The second kappa shape index (κ2) is 8.05. The molecule has 0 saturated heterocycles. The lowest BCUT2D eigenvalue weighted by atomic mass is 10.1. The van der Waals surface area contributed by atoms with Crippen molar-refractivity contribution in [2.45, 2.75) is 6.42 Å². The minimum absolute atomic E-state index is 0.144. The first-order chi connectivity index (χ1) is 13.0. The highest BCUT2D eigenvalue weighted by Gasteiger charge is 2.09. The SMILES string of the molecule is Nc1ccc(CC(=O)Nc2ccc(C(=O)Nc3ccccc3N)cc2)cc1. The van der Waals surface area contributed by atoms with Crippen LogP contribution in [0.2, 0.25) is 0 Å². The molecule has 0 spiro atoms. The first-order valence-corrected chi connectivity index (χ1v) is 8.41. The van der Waals surface area contributed by atoms with Gasteiger partial charge in [0, 0.05) is 16.9 Å². The van der Waals surface area contributed by atoms with Crippen LogP contribution in [0.4, 0.5) is 22.7 Å². The smallest absolute Gasteiger partial charge is 0.255 e. The molecule has 6 N–H and O–H groups in total. The van der Waals surface area contributed by atoms with Crippen molar-refractivity contribution in [2.24, 2.45) is 0 Å². The molecule has 3 aromatic rings. The topological polar surface area (TPSA) is 110 Å². The van der Waals surface area contributed by atoms with E-state index in [9.17, 15) is 9.59 Å². The van der Waals surface area contributed by atoms with E-state index < -0.39 is 0 Å². The van der Waals surface area contributed by atoms with Gasteiger partial charge in [-0.2, -0.15) is 0 Å². The monoisotopic (exact) mass is 360 g/mol. The van der Waals surface area contributed by atoms with Crippen LogP contribution in [0, 0.1) is 0 Å². The molecule has 2 amide bonds. The van der Waals surface area contributed by atoms with Gasteiger partial charge in [-0.15, -0.1) is 0 Å². The average Bonchev–Trinajstić information content (AvgIpc) is 2.66. The largest absolute Gasteiger partial charge is 0.399 e. The Bertz CT molecular complexity index is 951. The summed E-state index contributed by atoms with van der Waals surface area (Å²) in [5.41, 5.74) is 15.1. The number of nitrogens with two attached hydrogens (primary N) is 2. The molecule has 0 heterocycles. The van der Waals surface area contributed by atoms with E-state index in [0.717, 1.165) is 5.56 Å². The molecular formula is C21H20N4O2. The number of hydrogen-bond donors (Lipinski definition) is 4. The summed E-state index contributed by atoms with van der Waals surface area (Å²) in [7, 11) is 0. The predicted octanol–water partition coefficient (Wildman–Crippen LogP) is 3.28. The van der Waals surface area contributed by atoms with Crippen molar-refractivity contribution < 1.29 is 9.59 Å². The van der Waals surface area contributed by atoms with Gasteiger partial charge in [-0.1, -0.05) is 24.3 Å². The number of benzene rings is 3. The van der Waals surface area contributed by atoms with Crippen molar-refractivity contribution in [3.05, 3.63) is 83.9 Å². The average molecular weight is 360 g/mol. The summed E-state index contributed by atoms with van der Waals surface area (Å²) in [4.78, 5) is 24.4. The van der Waals surface area contributed by atoms with Crippen LogP contribution < -0.4 is 22.1 Å². The van der Waals surface area contributed by atoms with Gasteiger partial charge in [-0.25, -0.2) is 0 Å². The standard InChI is InChI=1S/C21H20N4O2/c22-16-9-5-14(6-10-16)13-20(26)24-17-11-7-15(8-12-17)21(27)25-19-4-2-1-3-18(19)23/h1-12H,13,22-23H2,(H,24,26)(H,25,27). The van der Waals surface area contributed by atoms with Crippen LogP contribution in [0.1, 0.15) is 15.9 Å².